The van der Waals surface area contributed by atoms with Crippen molar-refractivity contribution in [1.29, 1.82) is 0 Å². The molecule has 1 saturated heterocycles. The second-order valence-corrected chi connectivity index (χ2v) is 7.18. The molecule has 6 nitrogen and oxygen atoms in total. The van der Waals surface area contributed by atoms with Crippen LogP contribution in [0.5, 0.6) is 0 Å². The highest BCUT2D eigenvalue weighted by atomic mass is 16.1. The monoisotopic (exact) mass is 367 g/mol. The molecular formula is C21H29N5O. The van der Waals surface area contributed by atoms with Crippen molar-refractivity contribution < 1.29 is 4.79 Å². The Hall–Kier alpha value is -2.47. The molecule has 1 amide bonds. The highest BCUT2D eigenvalue weighted by molar-refractivity contribution is 5.94. The van der Waals surface area contributed by atoms with Crippen LogP contribution in [0, 0.1) is 5.92 Å². The van der Waals surface area contributed by atoms with Crippen LogP contribution in [0.25, 0.3) is 0 Å². The summed E-state index contributed by atoms with van der Waals surface area (Å²) in [5.74, 6) is 1.49. The summed E-state index contributed by atoms with van der Waals surface area (Å²) in [4.78, 5) is 23.2. The third-order valence-electron chi connectivity index (χ3n) is 4.95. The maximum Gasteiger partial charge on any atom is 0.252 e. The summed E-state index contributed by atoms with van der Waals surface area (Å²) < 4.78 is 0. The minimum Gasteiger partial charge on any atom is -0.359 e. The van der Waals surface area contributed by atoms with Crippen molar-refractivity contribution in [2.24, 2.45) is 5.92 Å². The molecule has 1 unspecified atom stereocenters. The molecule has 2 aromatic heterocycles. The van der Waals surface area contributed by atoms with Crippen molar-refractivity contribution >= 4 is 11.7 Å². The zero-order chi connectivity index (χ0) is 18.9. The molecule has 0 bridgehead atoms. The standard InChI is InChI=1S/C21H29N5O/c1-26(16-17-6-4-11-22-14-17)20-10-9-18(15-25-20)21(27)24-13-5-8-19-7-2-3-12-23-19/h2-3,7,9-10,12,15,17,22H,4-6,8,11,13-14,16H2,1H3,(H,24,27). The molecule has 1 aliphatic heterocycles. The summed E-state index contributed by atoms with van der Waals surface area (Å²) in [5, 5.41) is 6.40. The van der Waals surface area contributed by atoms with Gasteiger partial charge in [-0.1, -0.05) is 6.07 Å². The van der Waals surface area contributed by atoms with E-state index in [1.165, 1.54) is 12.8 Å². The maximum atomic E-state index is 12.3. The number of carbonyl (C=O) groups is 1. The number of hydrogen-bond donors (Lipinski definition) is 2. The summed E-state index contributed by atoms with van der Waals surface area (Å²) in [6.45, 7) is 3.82. The lowest BCUT2D eigenvalue weighted by Crippen LogP contribution is -2.37. The summed E-state index contributed by atoms with van der Waals surface area (Å²) in [5.41, 5.74) is 1.65. The van der Waals surface area contributed by atoms with Crippen molar-refractivity contribution in [3.63, 3.8) is 0 Å². The molecule has 0 spiro atoms. The molecule has 1 atom stereocenters. The van der Waals surface area contributed by atoms with E-state index in [-0.39, 0.29) is 5.91 Å². The predicted molar refractivity (Wildman–Crippen MR) is 108 cm³/mol. The molecule has 3 rings (SSSR count). The minimum absolute atomic E-state index is 0.0748. The molecule has 2 aromatic rings. The first-order valence-electron chi connectivity index (χ1n) is 9.78. The van der Waals surface area contributed by atoms with Gasteiger partial charge in [-0.2, -0.15) is 0 Å². The van der Waals surface area contributed by atoms with Crippen molar-refractivity contribution in [2.45, 2.75) is 25.7 Å². The van der Waals surface area contributed by atoms with Gasteiger partial charge in [0.2, 0.25) is 0 Å². The summed E-state index contributed by atoms with van der Waals surface area (Å²) in [6, 6.07) is 9.68. The number of piperidine rings is 1. The van der Waals surface area contributed by atoms with Gasteiger partial charge in [-0.15, -0.1) is 0 Å². The van der Waals surface area contributed by atoms with Crippen LogP contribution in [-0.4, -0.2) is 49.1 Å². The van der Waals surface area contributed by atoms with Crippen molar-refractivity contribution in [1.82, 2.24) is 20.6 Å². The molecule has 0 radical (unpaired) electrons. The molecule has 6 heteroatoms. The quantitative estimate of drug-likeness (QED) is 0.701. The van der Waals surface area contributed by atoms with Crippen LogP contribution in [0.15, 0.2) is 42.7 Å². The lowest BCUT2D eigenvalue weighted by atomic mass is 9.99. The average molecular weight is 367 g/mol. The zero-order valence-corrected chi connectivity index (χ0v) is 16.0. The highest BCUT2D eigenvalue weighted by Crippen LogP contribution is 2.16. The topological polar surface area (TPSA) is 70.2 Å². The van der Waals surface area contributed by atoms with E-state index in [0.29, 0.717) is 18.0 Å². The smallest absolute Gasteiger partial charge is 0.252 e. The van der Waals surface area contributed by atoms with Crippen LogP contribution in [-0.2, 0) is 6.42 Å². The Morgan fingerprint density at radius 2 is 2.22 bits per heavy atom. The number of aromatic nitrogens is 2. The van der Waals surface area contributed by atoms with Crippen molar-refractivity contribution in [3.8, 4) is 0 Å². The van der Waals surface area contributed by atoms with E-state index in [4.69, 9.17) is 0 Å². The molecule has 3 heterocycles. The van der Waals surface area contributed by atoms with E-state index in [1.807, 2.05) is 30.3 Å². The molecule has 2 N–H and O–H groups in total. The van der Waals surface area contributed by atoms with Crippen LogP contribution < -0.4 is 15.5 Å². The second-order valence-electron chi connectivity index (χ2n) is 7.18. The van der Waals surface area contributed by atoms with E-state index in [1.54, 1.807) is 12.4 Å². The van der Waals surface area contributed by atoms with Gasteiger partial charge in [0, 0.05) is 38.2 Å². The normalized spacial score (nSPS) is 16.7. The largest absolute Gasteiger partial charge is 0.359 e. The first-order chi connectivity index (χ1) is 13.2. The Kier molecular flexibility index (Phi) is 7.16. The number of amides is 1. The van der Waals surface area contributed by atoms with Crippen molar-refractivity contribution in [2.75, 3.05) is 38.1 Å². The lowest BCUT2D eigenvalue weighted by Gasteiger charge is -2.28. The third kappa shape index (κ3) is 6.03. The fourth-order valence-electron chi connectivity index (χ4n) is 3.43. The Morgan fingerprint density at radius 3 is 2.93 bits per heavy atom. The number of rotatable bonds is 8. The highest BCUT2D eigenvalue weighted by Gasteiger charge is 2.16. The number of nitrogens with one attached hydrogen (secondary N) is 2. The van der Waals surface area contributed by atoms with E-state index in [2.05, 4.69) is 32.5 Å². The third-order valence-corrected chi connectivity index (χ3v) is 4.95. The number of nitrogens with zero attached hydrogens (tertiary/aromatic N) is 3. The fraction of sp³-hybridized carbons (Fsp3) is 0.476. The van der Waals surface area contributed by atoms with Gasteiger partial charge >= 0.3 is 0 Å². The SMILES string of the molecule is CN(CC1CCCNC1)c1ccc(C(=O)NCCCc2ccccn2)cn1. The van der Waals surface area contributed by atoms with Gasteiger partial charge in [0.1, 0.15) is 5.82 Å². The molecule has 0 saturated carbocycles. The lowest BCUT2D eigenvalue weighted by molar-refractivity contribution is 0.0953. The van der Waals surface area contributed by atoms with E-state index in [9.17, 15) is 4.79 Å². The molecule has 144 valence electrons. The maximum absolute atomic E-state index is 12.3. The number of anilines is 1. The molecule has 27 heavy (non-hydrogen) atoms. The minimum atomic E-state index is -0.0748. The van der Waals surface area contributed by atoms with E-state index < -0.39 is 0 Å². The average Bonchev–Trinajstić information content (AvgIpc) is 2.72. The zero-order valence-electron chi connectivity index (χ0n) is 16.0. The van der Waals surface area contributed by atoms with E-state index >= 15 is 0 Å². The Labute approximate surface area is 161 Å². The Bertz CT molecular complexity index is 698. The Balaban J connectivity index is 1.42. The van der Waals surface area contributed by atoms with Crippen molar-refractivity contribution in [3.05, 3.63) is 54.0 Å². The Morgan fingerprint density at radius 1 is 1.30 bits per heavy atom. The van der Waals surface area contributed by atoms with Gasteiger partial charge in [-0.3, -0.25) is 9.78 Å². The van der Waals surface area contributed by atoms with Gasteiger partial charge in [0.15, 0.2) is 0 Å². The number of pyridine rings is 2. The van der Waals surface area contributed by atoms with Gasteiger partial charge in [0.05, 0.1) is 5.56 Å². The molecular weight excluding hydrogens is 338 g/mol. The van der Waals surface area contributed by atoms with Gasteiger partial charge in [-0.05, 0) is 69.0 Å². The fourth-order valence-corrected chi connectivity index (χ4v) is 3.43. The summed E-state index contributed by atoms with van der Waals surface area (Å²) in [6.07, 6.45) is 7.69. The number of carbonyl (C=O) groups excluding carboxylic acids is 1. The second kappa shape index (κ2) is 10.0. The summed E-state index contributed by atoms with van der Waals surface area (Å²) in [7, 11) is 2.06. The van der Waals surface area contributed by atoms with Gasteiger partial charge < -0.3 is 15.5 Å². The number of hydrogen-bond acceptors (Lipinski definition) is 5. The molecule has 1 aliphatic rings. The summed E-state index contributed by atoms with van der Waals surface area (Å²) >= 11 is 0. The number of aryl methyl sites for hydroxylation is 1. The van der Waals surface area contributed by atoms with Crippen LogP contribution >= 0.6 is 0 Å². The predicted octanol–water partition coefficient (Wildman–Crippen LogP) is 2.27. The first-order valence-corrected chi connectivity index (χ1v) is 9.78. The van der Waals surface area contributed by atoms with Crippen LogP contribution in [0.4, 0.5) is 5.82 Å². The first kappa shape index (κ1) is 19.3. The molecule has 1 fully saturated rings. The molecule has 0 aliphatic carbocycles. The molecule has 0 aromatic carbocycles. The van der Waals surface area contributed by atoms with Gasteiger partial charge in [-0.25, -0.2) is 4.98 Å². The van der Waals surface area contributed by atoms with Crippen LogP contribution in [0.1, 0.15) is 35.3 Å². The van der Waals surface area contributed by atoms with Gasteiger partial charge in [0.25, 0.3) is 5.91 Å². The van der Waals surface area contributed by atoms with Crippen LogP contribution in [0.3, 0.4) is 0 Å². The van der Waals surface area contributed by atoms with E-state index in [0.717, 1.165) is 44.0 Å². The van der Waals surface area contributed by atoms with Crippen LogP contribution in [0.2, 0.25) is 0 Å².